The fourth-order valence-electron chi connectivity index (χ4n) is 2.11. The number of hydrogen-bond acceptors (Lipinski definition) is 3. The number of carboxylic acids is 1. The third-order valence-corrected chi connectivity index (χ3v) is 5.24. The zero-order chi connectivity index (χ0) is 13.3. The second-order valence-electron chi connectivity index (χ2n) is 6.30. The summed E-state index contributed by atoms with van der Waals surface area (Å²) in [7, 11) is -3.00. The van der Waals surface area contributed by atoms with Crippen molar-refractivity contribution in [3.8, 4) is 0 Å². The first-order valence-corrected chi connectivity index (χ1v) is 7.82. The van der Waals surface area contributed by atoms with Crippen LogP contribution in [0.4, 0.5) is 0 Å². The van der Waals surface area contributed by atoms with Crippen molar-refractivity contribution in [2.75, 3.05) is 11.5 Å². The Labute approximate surface area is 103 Å². The van der Waals surface area contributed by atoms with E-state index in [0.29, 0.717) is 6.42 Å². The van der Waals surface area contributed by atoms with E-state index in [-0.39, 0.29) is 29.8 Å². The lowest BCUT2D eigenvalue weighted by Gasteiger charge is -2.35. The van der Waals surface area contributed by atoms with Gasteiger partial charge in [-0.3, -0.25) is 4.79 Å². The van der Waals surface area contributed by atoms with Crippen molar-refractivity contribution in [1.29, 1.82) is 0 Å². The number of aliphatic carboxylic acids is 1. The molecule has 0 aromatic heterocycles. The summed E-state index contributed by atoms with van der Waals surface area (Å²) in [5, 5.41) is 9.36. The average molecular weight is 262 g/mol. The first-order chi connectivity index (χ1) is 7.56. The van der Waals surface area contributed by atoms with Gasteiger partial charge in [0.05, 0.1) is 16.9 Å². The van der Waals surface area contributed by atoms with Gasteiger partial charge in [-0.05, 0) is 31.1 Å². The van der Waals surface area contributed by atoms with E-state index in [1.165, 1.54) is 0 Å². The lowest BCUT2D eigenvalue weighted by atomic mass is 9.74. The lowest BCUT2D eigenvalue weighted by Crippen LogP contribution is -2.40. The second-order valence-corrected chi connectivity index (χ2v) is 8.60. The van der Waals surface area contributed by atoms with Gasteiger partial charge in [0.2, 0.25) is 0 Å². The van der Waals surface area contributed by atoms with Crippen LogP contribution in [0.5, 0.6) is 0 Å². The van der Waals surface area contributed by atoms with Crippen LogP contribution in [0.15, 0.2) is 0 Å². The van der Waals surface area contributed by atoms with Crippen LogP contribution in [0.2, 0.25) is 0 Å². The molecule has 5 heteroatoms. The minimum absolute atomic E-state index is 0.0173. The van der Waals surface area contributed by atoms with Crippen LogP contribution in [0, 0.1) is 10.8 Å². The van der Waals surface area contributed by atoms with Crippen molar-refractivity contribution in [1.82, 2.24) is 0 Å². The van der Waals surface area contributed by atoms with Gasteiger partial charge in [-0.1, -0.05) is 20.8 Å². The van der Waals surface area contributed by atoms with E-state index in [4.69, 9.17) is 0 Å². The molecule has 0 aliphatic carbocycles. The van der Waals surface area contributed by atoms with E-state index in [0.717, 1.165) is 6.42 Å². The highest BCUT2D eigenvalue weighted by Crippen LogP contribution is 2.40. The van der Waals surface area contributed by atoms with E-state index in [2.05, 4.69) is 20.8 Å². The molecule has 4 nitrogen and oxygen atoms in total. The molecule has 0 spiro atoms. The first-order valence-electron chi connectivity index (χ1n) is 6.00. The van der Waals surface area contributed by atoms with Crippen molar-refractivity contribution >= 4 is 15.8 Å². The molecular weight excluding hydrogens is 240 g/mol. The van der Waals surface area contributed by atoms with Crippen LogP contribution in [-0.4, -0.2) is 31.0 Å². The second kappa shape index (κ2) is 4.59. The smallest absolute Gasteiger partial charge is 0.309 e. The number of carboxylic acid groups (broad SMARTS) is 1. The Morgan fingerprint density at radius 1 is 1.24 bits per heavy atom. The van der Waals surface area contributed by atoms with Crippen LogP contribution in [0.3, 0.4) is 0 Å². The van der Waals surface area contributed by atoms with E-state index in [9.17, 15) is 18.3 Å². The molecule has 0 radical (unpaired) electrons. The standard InChI is InChI=1S/C12H22O4S/c1-11(2,3)4-5-12(10(13)14)6-8-17(15,16)9-7-12/h4-9H2,1-3H3,(H,13,14). The molecule has 1 fully saturated rings. The highest BCUT2D eigenvalue weighted by Gasteiger charge is 2.43. The molecule has 0 bridgehead atoms. The Balaban J connectivity index is 2.76. The monoisotopic (exact) mass is 262 g/mol. The highest BCUT2D eigenvalue weighted by atomic mass is 32.2. The van der Waals surface area contributed by atoms with E-state index in [1.54, 1.807) is 0 Å². The van der Waals surface area contributed by atoms with Crippen molar-refractivity contribution in [2.24, 2.45) is 10.8 Å². The topological polar surface area (TPSA) is 71.4 Å². The molecule has 0 amide bonds. The molecule has 1 rings (SSSR count). The summed E-state index contributed by atoms with van der Waals surface area (Å²) < 4.78 is 22.7. The van der Waals surface area contributed by atoms with Gasteiger partial charge in [0.15, 0.2) is 0 Å². The molecule has 1 aliphatic heterocycles. The number of sulfone groups is 1. The number of rotatable bonds is 3. The molecular formula is C12H22O4S. The van der Waals surface area contributed by atoms with Crippen molar-refractivity contribution in [3.63, 3.8) is 0 Å². The summed E-state index contributed by atoms with van der Waals surface area (Å²) in [4.78, 5) is 11.4. The third-order valence-electron chi connectivity index (χ3n) is 3.59. The van der Waals surface area contributed by atoms with Crippen LogP contribution < -0.4 is 0 Å². The number of hydrogen-bond donors (Lipinski definition) is 1. The Bertz CT molecular complexity index is 375. The quantitative estimate of drug-likeness (QED) is 0.845. The summed E-state index contributed by atoms with van der Waals surface area (Å²) in [6, 6.07) is 0. The Morgan fingerprint density at radius 2 is 1.71 bits per heavy atom. The molecule has 0 unspecified atom stereocenters. The van der Waals surface area contributed by atoms with E-state index in [1.807, 2.05) is 0 Å². The van der Waals surface area contributed by atoms with Crippen LogP contribution in [0.1, 0.15) is 46.5 Å². The molecule has 100 valence electrons. The molecule has 1 N–H and O–H groups in total. The molecule has 0 saturated carbocycles. The van der Waals surface area contributed by atoms with Gasteiger partial charge in [-0.2, -0.15) is 0 Å². The molecule has 1 saturated heterocycles. The number of carbonyl (C=O) groups is 1. The van der Waals surface area contributed by atoms with Crippen LogP contribution in [-0.2, 0) is 14.6 Å². The molecule has 1 aliphatic rings. The van der Waals surface area contributed by atoms with Gasteiger partial charge in [-0.25, -0.2) is 8.42 Å². The van der Waals surface area contributed by atoms with E-state index < -0.39 is 21.2 Å². The highest BCUT2D eigenvalue weighted by molar-refractivity contribution is 7.91. The lowest BCUT2D eigenvalue weighted by molar-refractivity contribution is -0.150. The Kier molecular flexibility index (Phi) is 3.91. The fourth-order valence-corrected chi connectivity index (χ4v) is 3.72. The molecule has 0 aromatic rings. The summed E-state index contributed by atoms with van der Waals surface area (Å²) in [6.07, 6.45) is 1.90. The maximum Gasteiger partial charge on any atom is 0.309 e. The maximum atomic E-state index is 11.4. The molecule has 1 heterocycles. The summed E-state index contributed by atoms with van der Waals surface area (Å²) in [5.41, 5.74) is -0.739. The van der Waals surface area contributed by atoms with Gasteiger partial charge in [-0.15, -0.1) is 0 Å². The normalized spacial score (nSPS) is 23.2. The Hall–Kier alpha value is -0.580. The van der Waals surface area contributed by atoms with E-state index >= 15 is 0 Å². The van der Waals surface area contributed by atoms with Crippen LogP contribution >= 0.6 is 0 Å². The van der Waals surface area contributed by atoms with Gasteiger partial charge in [0.25, 0.3) is 0 Å². The van der Waals surface area contributed by atoms with Crippen molar-refractivity contribution in [3.05, 3.63) is 0 Å². The fraction of sp³-hybridized carbons (Fsp3) is 0.917. The van der Waals surface area contributed by atoms with Crippen molar-refractivity contribution < 1.29 is 18.3 Å². The SMILES string of the molecule is CC(C)(C)CCC1(C(=O)O)CCS(=O)(=O)CC1. The summed E-state index contributed by atoms with van der Waals surface area (Å²) >= 11 is 0. The van der Waals surface area contributed by atoms with Gasteiger partial charge in [0.1, 0.15) is 9.84 Å². The summed E-state index contributed by atoms with van der Waals surface area (Å²) in [5.74, 6) is -0.802. The predicted molar refractivity (Wildman–Crippen MR) is 66.6 cm³/mol. The predicted octanol–water partition coefficient (Wildman–Crippen LogP) is 2.09. The summed E-state index contributed by atoms with van der Waals surface area (Å²) in [6.45, 7) is 6.21. The molecule has 0 atom stereocenters. The van der Waals surface area contributed by atoms with Gasteiger partial charge >= 0.3 is 5.97 Å². The zero-order valence-corrected chi connectivity index (χ0v) is 11.6. The minimum Gasteiger partial charge on any atom is -0.481 e. The largest absolute Gasteiger partial charge is 0.481 e. The van der Waals surface area contributed by atoms with Gasteiger partial charge in [0, 0.05) is 0 Å². The Morgan fingerprint density at radius 3 is 2.06 bits per heavy atom. The third kappa shape index (κ3) is 3.98. The van der Waals surface area contributed by atoms with Gasteiger partial charge < -0.3 is 5.11 Å². The first kappa shape index (κ1) is 14.5. The maximum absolute atomic E-state index is 11.4. The zero-order valence-electron chi connectivity index (χ0n) is 10.8. The molecule has 0 aromatic carbocycles. The van der Waals surface area contributed by atoms with Crippen molar-refractivity contribution in [2.45, 2.75) is 46.5 Å². The minimum atomic E-state index is -3.00. The average Bonchev–Trinajstić information content (AvgIpc) is 2.15. The van der Waals surface area contributed by atoms with Crippen LogP contribution in [0.25, 0.3) is 0 Å². The molecule has 17 heavy (non-hydrogen) atoms.